The minimum absolute atomic E-state index is 0.166. The Hall–Kier alpha value is -2.76. The van der Waals surface area contributed by atoms with Crippen LogP contribution in [0.5, 0.6) is 0 Å². The molecule has 0 fully saturated rings. The van der Waals surface area contributed by atoms with Crippen molar-refractivity contribution in [3.63, 3.8) is 0 Å². The maximum absolute atomic E-state index is 13.5. The van der Waals surface area contributed by atoms with Crippen LogP contribution in [0.4, 0.5) is 4.39 Å². The number of aromatic nitrogens is 3. The Balaban J connectivity index is 1.81. The number of H-pyrrole nitrogens is 1. The SMILES string of the molecule is O=C(NCc1cccnc1)c1[nH]nc2c(F)cccc12. The van der Waals surface area contributed by atoms with E-state index in [9.17, 15) is 9.18 Å². The van der Waals surface area contributed by atoms with Gasteiger partial charge in [-0.25, -0.2) is 4.39 Å². The van der Waals surface area contributed by atoms with Crippen molar-refractivity contribution in [1.82, 2.24) is 20.5 Å². The zero-order valence-electron chi connectivity index (χ0n) is 10.4. The summed E-state index contributed by atoms with van der Waals surface area (Å²) in [6, 6.07) is 8.16. The summed E-state index contributed by atoms with van der Waals surface area (Å²) in [6.45, 7) is 0.350. The number of nitrogens with zero attached hydrogens (tertiary/aromatic N) is 2. The molecule has 0 bridgehead atoms. The molecule has 2 heterocycles. The van der Waals surface area contributed by atoms with Gasteiger partial charge in [0.2, 0.25) is 0 Å². The lowest BCUT2D eigenvalue weighted by molar-refractivity contribution is 0.0947. The lowest BCUT2D eigenvalue weighted by Crippen LogP contribution is -2.23. The average molecular weight is 270 g/mol. The highest BCUT2D eigenvalue weighted by Crippen LogP contribution is 2.18. The molecule has 2 N–H and O–H groups in total. The molecule has 0 unspecified atom stereocenters. The van der Waals surface area contributed by atoms with Gasteiger partial charge in [0.05, 0.1) is 0 Å². The Morgan fingerprint density at radius 2 is 2.20 bits per heavy atom. The van der Waals surface area contributed by atoms with Gasteiger partial charge in [0.1, 0.15) is 11.2 Å². The van der Waals surface area contributed by atoms with E-state index in [2.05, 4.69) is 20.5 Å². The normalized spacial score (nSPS) is 10.7. The summed E-state index contributed by atoms with van der Waals surface area (Å²) in [7, 11) is 0. The summed E-state index contributed by atoms with van der Waals surface area (Å²) in [5, 5.41) is 9.60. The van der Waals surface area contributed by atoms with Gasteiger partial charge in [-0.15, -0.1) is 0 Å². The molecule has 2 aromatic heterocycles. The van der Waals surface area contributed by atoms with Crippen molar-refractivity contribution >= 4 is 16.8 Å². The highest BCUT2D eigenvalue weighted by molar-refractivity contribution is 6.04. The summed E-state index contributed by atoms with van der Waals surface area (Å²) in [6.07, 6.45) is 3.33. The zero-order chi connectivity index (χ0) is 13.9. The topological polar surface area (TPSA) is 70.7 Å². The second-order valence-electron chi connectivity index (χ2n) is 4.28. The number of hydrogen-bond donors (Lipinski definition) is 2. The van der Waals surface area contributed by atoms with E-state index in [1.807, 2.05) is 6.07 Å². The van der Waals surface area contributed by atoms with Crippen LogP contribution in [0.2, 0.25) is 0 Å². The molecule has 0 atom stereocenters. The van der Waals surface area contributed by atoms with Crippen LogP contribution in [0.1, 0.15) is 16.1 Å². The van der Waals surface area contributed by atoms with Crippen molar-refractivity contribution < 1.29 is 9.18 Å². The molecule has 20 heavy (non-hydrogen) atoms. The lowest BCUT2D eigenvalue weighted by atomic mass is 10.2. The predicted molar refractivity (Wildman–Crippen MR) is 71.5 cm³/mol. The molecule has 0 radical (unpaired) electrons. The van der Waals surface area contributed by atoms with E-state index in [1.165, 1.54) is 6.07 Å². The molecule has 0 saturated carbocycles. The molecule has 6 heteroatoms. The highest BCUT2D eigenvalue weighted by atomic mass is 19.1. The summed E-state index contributed by atoms with van der Waals surface area (Å²) in [5.74, 6) is -0.785. The van der Waals surface area contributed by atoms with Crippen LogP contribution in [0.3, 0.4) is 0 Å². The largest absolute Gasteiger partial charge is 0.347 e. The molecule has 1 amide bonds. The van der Waals surface area contributed by atoms with E-state index in [-0.39, 0.29) is 17.1 Å². The molecule has 0 aliphatic heterocycles. The summed E-state index contributed by atoms with van der Waals surface area (Å²) in [4.78, 5) is 16.0. The van der Waals surface area contributed by atoms with Crippen molar-refractivity contribution in [1.29, 1.82) is 0 Å². The quantitative estimate of drug-likeness (QED) is 0.765. The van der Waals surface area contributed by atoms with Crippen LogP contribution in [-0.2, 0) is 6.54 Å². The summed E-state index contributed by atoms with van der Waals surface area (Å²) in [5.41, 5.74) is 1.30. The monoisotopic (exact) mass is 270 g/mol. The second kappa shape index (κ2) is 5.08. The maximum Gasteiger partial charge on any atom is 0.270 e. The number of amides is 1. The average Bonchev–Trinajstić information content (AvgIpc) is 2.91. The zero-order valence-corrected chi connectivity index (χ0v) is 10.4. The van der Waals surface area contributed by atoms with Gasteiger partial charge in [0.15, 0.2) is 5.82 Å². The third-order valence-electron chi connectivity index (χ3n) is 2.94. The first kappa shape index (κ1) is 12.3. The molecule has 0 aliphatic rings. The Morgan fingerprint density at radius 1 is 1.30 bits per heavy atom. The van der Waals surface area contributed by atoms with Crippen LogP contribution < -0.4 is 5.32 Å². The maximum atomic E-state index is 13.5. The smallest absolute Gasteiger partial charge is 0.270 e. The van der Waals surface area contributed by atoms with Crippen molar-refractivity contribution in [2.75, 3.05) is 0 Å². The predicted octanol–water partition coefficient (Wildman–Crippen LogP) is 2.03. The Morgan fingerprint density at radius 3 is 3.00 bits per heavy atom. The van der Waals surface area contributed by atoms with E-state index in [1.54, 1.807) is 30.6 Å². The van der Waals surface area contributed by atoms with Crippen LogP contribution in [0.25, 0.3) is 10.9 Å². The summed E-state index contributed by atoms with van der Waals surface area (Å²) >= 11 is 0. The molecular weight excluding hydrogens is 259 g/mol. The van der Waals surface area contributed by atoms with Gasteiger partial charge >= 0.3 is 0 Å². The standard InChI is InChI=1S/C14H11FN4O/c15-11-5-1-4-10-12(11)18-19-13(10)14(20)17-8-9-3-2-6-16-7-9/h1-7H,8H2,(H,17,20)(H,18,19). The van der Waals surface area contributed by atoms with Gasteiger partial charge in [-0.2, -0.15) is 5.10 Å². The van der Waals surface area contributed by atoms with E-state index in [0.29, 0.717) is 11.9 Å². The van der Waals surface area contributed by atoms with E-state index >= 15 is 0 Å². The Labute approximate surface area is 113 Å². The van der Waals surface area contributed by atoms with E-state index in [0.717, 1.165) is 5.56 Å². The number of hydrogen-bond acceptors (Lipinski definition) is 3. The number of benzene rings is 1. The molecule has 5 nitrogen and oxygen atoms in total. The number of carbonyl (C=O) groups excluding carboxylic acids is 1. The van der Waals surface area contributed by atoms with Crippen LogP contribution >= 0.6 is 0 Å². The molecule has 1 aromatic carbocycles. The number of carbonyl (C=O) groups is 1. The van der Waals surface area contributed by atoms with Crippen molar-refractivity contribution in [2.45, 2.75) is 6.54 Å². The number of pyridine rings is 1. The van der Waals surface area contributed by atoms with Crippen molar-refractivity contribution in [3.8, 4) is 0 Å². The first-order valence-corrected chi connectivity index (χ1v) is 6.05. The van der Waals surface area contributed by atoms with Gasteiger partial charge in [-0.1, -0.05) is 18.2 Å². The van der Waals surface area contributed by atoms with E-state index in [4.69, 9.17) is 0 Å². The van der Waals surface area contributed by atoms with Crippen molar-refractivity contribution in [3.05, 3.63) is 59.8 Å². The molecule has 3 aromatic rings. The number of nitrogens with one attached hydrogen (secondary N) is 2. The summed E-state index contributed by atoms with van der Waals surface area (Å²) < 4.78 is 13.5. The number of para-hydroxylation sites is 1. The van der Waals surface area contributed by atoms with Crippen molar-refractivity contribution in [2.24, 2.45) is 0 Å². The van der Waals surface area contributed by atoms with Crippen LogP contribution in [0, 0.1) is 5.82 Å². The molecular formula is C14H11FN4O. The molecule has 0 saturated heterocycles. The van der Waals surface area contributed by atoms with Gasteiger partial charge in [-0.3, -0.25) is 14.9 Å². The number of fused-ring (bicyclic) bond motifs is 1. The first-order valence-electron chi connectivity index (χ1n) is 6.05. The minimum Gasteiger partial charge on any atom is -0.347 e. The minimum atomic E-state index is -0.454. The number of rotatable bonds is 3. The fourth-order valence-electron chi connectivity index (χ4n) is 1.95. The fraction of sp³-hybridized carbons (Fsp3) is 0.0714. The molecule has 0 spiro atoms. The molecule has 0 aliphatic carbocycles. The van der Waals surface area contributed by atoms with Gasteiger partial charge in [-0.05, 0) is 17.7 Å². The Bertz CT molecular complexity index is 754. The number of halogens is 1. The van der Waals surface area contributed by atoms with Gasteiger partial charge in [0.25, 0.3) is 5.91 Å². The molecule has 100 valence electrons. The second-order valence-corrected chi connectivity index (χ2v) is 4.28. The first-order chi connectivity index (χ1) is 9.75. The highest BCUT2D eigenvalue weighted by Gasteiger charge is 2.15. The van der Waals surface area contributed by atoms with Crippen LogP contribution in [-0.4, -0.2) is 21.1 Å². The van der Waals surface area contributed by atoms with Crippen LogP contribution in [0.15, 0.2) is 42.7 Å². The third-order valence-corrected chi connectivity index (χ3v) is 2.94. The lowest BCUT2D eigenvalue weighted by Gasteiger charge is -2.03. The van der Waals surface area contributed by atoms with Gasteiger partial charge < -0.3 is 5.32 Å². The molecule has 3 rings (SSSR count). The van der Waals surface area contributed by atoms with E-state index < -0.39 is 5.82 Å². The number of aromatic amines is 1. The Kier molecular flexibility index (Phi) is 3.12. The fourth-order valence-corrected chi connectivity index (χ4v) is 1.95. The third kappa shape index (κ3) is 2.23. The van der Waals surface area contributed by atoms with Gasteiger partial charge in [0, 0.05) is 24.3 Å².